The molecule has 5 rings (SSSR count). The molecule has 25 heavy (non-hydrogen) atoms. The van der Waals surface area contributed by atoms with Crippen LogP contribution in [0.15, 0.2) is 36.8 Å². The van der Waals surface area contributed by atoms with E-state index in [0.29, 0.717) is 17.6 Å². The van der Waals surface area contributed by atoms with E-state index in [4.69, 9.17) is 16.6 Å². The Morgan fingerprint density at radius 1 is 1.28 bits per heavy atom. The van der Waals surface area contributed by atoms with E-state index in [1.807, 2.05) is 33.6 Å². The molecule has 1 fully saturated rings. The van der Waals surface area contributed by atoms with Crippen molar-refractivity contribution in [3.05, 3.63) is 58.8 Å². The van der Waals surface area contributed by atoms with Gasteiger partial charge in [0.1, 0.15) is 16.6 Å². The first kappa shape index (κ1) is 14.7. The highest BCUT2D eigenvalue weighted by molar-refractivity contribution is 6.29. The van der Waals surface area contributed by atoms with Gasteiger partial charge in [0.2, 0.25) is 0 Å². The lowest BCUT2D eigenvalue weighted by atomic mass is 10.2. The van der Waals surface area contributed by atoms with E-state index in [-0.39, 0.29) is 0 Å². The van der Waals surface area contributed by atoms with Crippen molar-refractivity contribution in [1.82, 2.24) is 24.0 Å². The Balaban J connectivity index is 1.48. The summed E-state index contributed by atoms with van der Waals surface area (Å²) in [6.45, 7) is 2.66. The van der Waals surface area contributed by atoms with Gasteiger partial charge in [-0.2, -0.15) is 9.61 Å². The Morgan fingerprint density at radius 3 is 2.96 bits per heavy atom. The third kappa shape index (κ3) is 2.53. The highest BCUT2D eigenvalue weighted by atomic mass is 35.5. The van der Waals surface area contributed by atoms with Crippen LogP contribution in [0.4, 0.5) is 5.82 Å². The zero-order valence-electron chi connectivity index (χ0n) is 13.8. The summed E-state index contributed by atoms with van der Waals surface area (Å²) in [6.07, 6.45) is 8.37. The van der Waals surface area contributed by atoms with Crippen LogP contribution in [0.25, 0.3) is 11.3 Å². The van der Waals surface area contributed by atoms with Gasteiger partial charge < -0.3 is 9.72 Å². The molecule has 4 aromatic heterocycles. The number of hydrogen-bond donors (Lipinski definition) is 1. The summed E-state index contributed by atoms with van der Waals surface area (Å²) in [5.74, 6) is 1.41. The van der Waals surface area contributed by atoms with Crippen LogP contribution in [-0.2, 0) is 6.54 Å². The summed E-state index contributed by atoms with van der Waals surface area (Å²) in [5, 5.41) is 8.37. The van der Waals surface area contributed by atoms with Crippen molar-refractivity contribution in [1.29, 1.82) is 0 Å². The van der Waals surface area contributed by atoms with Gasteiger partial charge in [-0.3, -0.25) is 0 Å². The van der Waals surface area contributed by atoms with Crippen LogP contribution in [0.1, 0.15) is 35.6 Å². The van der Waals surface area contributed by atoms with Gasteiger partial charge in [-0.15, -0.1) is 0 Å². The molecule has 1 aliphatic carbocycles. The van der Waals surface area contributed by atoms with Crippen molar-refractivity contribution in [2.24, 2.45) is 0 Å². The predicted molar refractivity (Wildman–Crippen MR) is 97.2 cm³/mol. The molecule has 0 aliphatic heterocycles. The maximum absolute atomic E-state index is 6.23. The van der Waals surface area contributed by atoms with E-state index in [9.17, 15) is 0 Å². The molecule has 0 saturated heterocycles. The first-order valence-electron chi connectivity index (χ1n) is 8.40. The molecule has 0 atom stereocenters. The number of halogens is 1. The molecule has 7 heteroatoms. The maximum atomic E-state index is 6.23. The molecule has 4 aromatic rings. The lowest BCUT2D eigenvalue weighted by Crippen LogP contribution is -2.06. The summed E-state index contributed by atoms with van der Waals surface area (Å²) < 4.78 is 3.88. The summed E-state index contributed by atoms with van der Waals surface area (Å²) in [7, 11) is 0. The minimum absolute atomic E-state index is 0.475. The lowest BCUT2D eigenvalue weighted by molar-refractivity contribution is 0.920. The van der Waals surface area contributed by atoms with E-state index in [0.717, 1.165) is 28.4 Å². The third-order valence-corrected chi connectivity index (χ3v) is 4.86. The van der Waals surface area contributed by atoms with Gasteiger partial charge in [0.25, 0.3) is 0 Å². The van der Waals surface area contributed by atoms with E-state index >= 15 is 0 Å². The smallest absolute Gasteiger partial charge is 0.162 e. The van der Waals surface area contributed by atoms with E-state index in [1.54, 1.807) is 6.07 Å². The molecule has 1 aliphatic rings. The monoisotopic (exact) mass is 352 g/mol. The van der Waals surface area contributed by atoms with Crippen LogP contribution >= 0.6 is 11.6 Å². The number of anilines is 1. The Hall–Kier alpha value is -2.60. The van der Waals surface area contributed by atoms with Crippen molar-refractivity contribution in [2.45, 2.75) is 32.2 Å². The Morgan fingerprint density at radius 2 is 2.16 bits per heavy atom. The number of hydrogen-bond acceptors (Lipinski definition) is 4. The van der Waals surface area contributed by atoms with Gasteiger partial charge in [-0.25, -0.2) is 9.97 Å². The van der Waals surface area contributed by atoms with Gasteiger partial charge >= 0.3 is 0 Å². The van der Waals surface area contributed by atoms with E-state index in [2.05, 4.69) is 28.4 Å². The molecule has 0 radical (unpaired) electrons. The number of fused-ring (bicyclic) bond motifs is 2. The topological polar surface area (TPSA) is 59.5 Å². The van der Waals surface area contributed by atoms with Crippen molar-refractivity contribution in [3.63, 3.8) is 0 Å². The number of pyridine rings is 1. The standard InChI is InChI=1S/C18H17ClN6/c1-11-3-2-6-24-10-13(22-17(11)24)8-20-16-7-15(19)23-18-14(12-4-5-12)9-21-25(16)18/h2-3,6-7,9-10,12,20H,4-5,8H2,1H3. The minimum Gasteiger partial charge on any atom is -0.364 e. The first-order valence-corrected chi connectivity index (χ1v) is 8.78. The number of nitrogens with one attached hydrogen (secondary N) is 1. The molecular formula is C18H17ClN6. The Kier molecular flexibility index (Phi) is 3.21. The molecule has 0 unspecified atom stereocenters. The molecule has 0 spiro atoms. The molecule has 0 bridgehead atoms. The molecule has 1 N–H and O–H groups in total. The highest BCUT2D eigenvalue weighted by Crippen LogP contribution is 2.42. The molecule has 1 saturated carbocycles. The number of imidazole rings is 1. The summed E-state index contributed by atoms with van der Waals surface area (Å²) in [6, 6.07) is 5.89. The quantitative estimate of drug-likeness (QED) is 0.567. The largest absolute Gasteiger partial charge is 0.364 e. The number of nitrogens with zero attached hydrogens (tertiary/aromatic N) is 5. The predicted octanol–water partition coefficient (Wildman–Crippen LogP) is 3.83. The van der Waals surface area contributed by atoms with Crippen LogP contribution in [0.3, 0.4) is 0 Å². The first-order chi connectivity index (χ1) is 12.2. The van der Waals surface area contributed by atoms with Gasteiger partial charge in [0.05, 0.1) is 18.4 Å². The zero-order chi connectivity index (χ0) is 17.0. The fraction of sp³-hybridized carbons (Fsp3) is 0.278. The second-order valence-electron chi connectivity index (χ2n) is 6.58. The van der Waals surface area contributed by atoms with Gasteiger partial charge in [0, 0.05) is 24.0 Å². The molecule has 6 nitrogen and oxygen atoms in total. The fourth-order valence-corrected chi connectivity index (χ4v) is 3.41. The average molecular weight is 353 g/mol. The van der Waals surface area contributed by atoms with Crippen LogP contribution in [0, 0.1) is 6.92 Å². The molecule has 126 valence electrons. The van der Waals surface area contributed by atoms with Crippen molar-refractivity contribution < 1.29 is 0 Å². The Bertz CT molecular complexity index is 1090. The second kappa shape index (κ2) is 5.46. The van der Waals surface area contributed by atoms with Crippen LogP contribution < -0.4 is 5.32 Å². The van der Waals surface area contributed by atoms with Crippen LogP contribution in [0.2, 0.25) is 5.15 Å². The van der Waals surface area contributed by atoms with Crippen molar-refractivity contribution in [2.75, 3.05) is 5.32 Å². The average Bonchev–Trinajstić information content (AvgIpc) is 3.20. The molecule has 4 heterocycles. The van der Waals surface area contributed by atoms with Gasteiger partial charge in [-0.1, -0.05) is 17.7 Å². The van der Waals surface area contributed by atoms with Crippen LogP contribution in [-0.4, -0.2) is 24.0 Å². The number of rotatable bonds is 4. The van der Waals surface area contributed by atoms with Crippen molar-refractivity contribution in [3.8, 4) is 0 Å². The number of aryl methyl sites for hydroxylation is 1. The van der Waals surface area contributed by atoms with Crippen LogP contribution in [0.5, 0.6) is 0 Å². The van der Waals surface area contributed by atoms with Crippen molar-refractivity contribution >= 4 is 28.7 Å². The fourth-order valence-electron chi connectivity index (χ4n) is 3.23. The maximum Gasteiger partial charge on any atom is 0.162 e. The third-order valence-electron chi connectivity index (χ3n) is 4.66. The van der Waals surface area contributed by atoms with E-state index in [1.165, 1.54) is 18.4 Å². The molecular weight excluding hydrogens is 336 g/mol. The summed E-state index contributed by atoms with van der Waals surface area (Å²) >= 11 is 6.23. The Labute approximate surface area is 149 Å². The van der Waals surface area contributed by atoms with E-state index < -0.39 is 0 Å². The minimum atomic E-state index is 0.475. The van der Waals surface area contributed by atoms with Gasteiger partial charge in [0.15, 0.2) is 5.65 Å². The highest BCUT2D eigenvalue weighted by Gasteiger charge is 2.28. The zero-order valence-corrected chi connectivity index (χ0v) is 14.5. The SMILES string of the molecule is Cc1cccn2cc(CNc3cc(Cl)nc4c(C5CC5)cnn34)nc12. The second-order valence-corrected chi connectivity index (χ2v) is 6.97. The lowest BCUT2D eigenvalue weighted by Gasteiger charge is -2.07. The molecule has 0 amide bonds. The molecule has 0 aromatic carbocycles. The number of aromatic nitrogens is 5. The normalized spacial score (nSPS) is 14.5. The summed E-state index contributed by atoms with van der Waals surface area (Å²) in [4.78, 5) is 9.16. The van der Waals surface area contributed by atoms with Gasteiger partial charge in [-0.05, 0) is 37.3 Å². The summed E-state index contributed by atoms with van der Waals surface area (Å²) in [5.41, 5.74) is 5.14.